The van der Waals surface area contributed by atoms with Gasteiger partial charge in [0.1, 0.15) is 0 Å². The molecular weight excluding hydrogens is 174 g/mol. The summed E-state index contributed by atoms with van der Waals surface area (Å²) < 4.78 is 0. The minimum absolute atomic E-state index is 0.492. The Kier molecular flexibility index (Phi) is 3.96. The molecule has 0 radical (unpaired) electrons. The van der Waals surface area contributed by atoms with E-state index in [1.807, 2.05) is 0 Å². The van der Waals surface area contributed by atoms with Crippen LogP contribution in [0.3, 0.4) is 0 Å². The van der Waals surface area contributed by atoms with E-state index in [1.165, 1.54) is 0 Å². The van der Waals surface area contributed by atoms with Gasteiger partial charge in [-0.25, -0.2) is 0 Å². The van der Waals surface area contributed by atoms with Gasteiger partial charge in [-0.1, -0.05) is 27.7 Å². The number of nitrogens with zero attached hydrogens (tertiary/aromatic N) is 1. The fourth-order valence-electron chi connectivity index (χ4n) is 2.41. The SMILES string of the molecule is CC(C)C1CON(C(C)C)C1C(C)C. The molecule has 1 aliphatic heterocycles. The Bertz CT molecular complexity index is 161. The van der Waals surface area contributed by atoms with Gasteiger partial charge in [0.15, 0.2) is 0 Å². The summed E-state index contributed by atoms with van der Waals surface area (Å²) in [5.41, 5.74) is 0. The van der Waals surface area contributed by atoms with Gasteiger partial charge in [-0.3, -0.25) is 4.84 Å². The predicted octanol–water partition coefficient (Wildman–Crippen LogP) is 2.94. The van der Waals surface area contributed by atoms with Crippen molar-refractivity contribution in [2.24, 2.45) is 17.8 Å². The summed E-state index contributed by atoms with van der Waals surface area (Å²) in [5, 5.41) is 2.20. The highest BCUT2D eigenvalue weighted by atomic mass is 16.7. The maximum Gasteiger partial charge on any atom is 0.0731 e. The molecule has 0 bridgehead atoms. The summed E-state index contributed by atoms with van der Waals surface area (Å²) >= 11 is 0. The highest BCUT2D eigenvalue weighted by molar-refractivity contribution is 4.85. The molecule has 2 atom stereocenters. The normalized spacial score (nSPS) is 29.8. The van der Waals surface area contributed by atoms with Crippen LogP contribution in [0, 0.1) is 17.8 Å². The van der Waals surface area contributed by atoms with E-state index in [2.05, 4.69) is 46.6 Å². The van der Waals surface area contributed by atoms with E-state index in [1.54, 1.807) is 0 Å². The van der Waals surface area contributed by atoms with Crippen molar-refractivity contribution in [2.75, 3.05) is 6.61 Å². The molecule has 0 saturated carbocycles. The van der Waals surface area contributed by atoms with Gasteiger partial charge in [-0.2, -0.15) is 5.06 Å². The van der Waals surface area contributed by atoms with E-state index < -0.39 is 0 Å². The number of hydrogen-bond donors (Lipinski definition) is 0. The van der Waals surface area contributed by atoms with Crippen LogP contribution in [-0.4, -0.2) is 23.8 Å². The molecule has 1 heterocycles. The molecule has 14 heavy (non-hydrogen) atoms. The minimum Gasteiger partial charge on any atom is -0.298 e. The molecule has 0 aromatic heterocycles. The van der Waals surface area contributed by atoms with E-state index in [4.69, 9.17) is 4.84 Å². The molecule has 2 heteroatoms. The van der Waals surface area contributed by atoms with Crippen LogP contribution in [0.5, 0.6) is 0 Å². The molecular formula is C12H25NO. The lowest BCUT2D eigenvalue weighted by Crippen LogP contribution is -2.41. The van der Waals surface area contributed by atoms with Crippen LogP contribution in [0.1, 0.15) is 41.5 Å². The van der Waals surface area contributed by atoms with Gasteiger partial charge in [0.2, 0.25) is 0 Å². The van der Waals surface area contributed by atoms with Crippen molar-refractivity contribution in [3.8, 4) is 0 Å². The fourth-order valence-corrected chi connectivity index (χ4v) is 2.41. The molecule has 2 unspecified atom stereocenters. The smallest absolute Gasteiger partial charge is 0.0731 e. The Morgan fingerprint density at radius 2 is 1.57 bits per heavy atom. The van der Waals surface area contributed by atoms with Crippen molar-refractivity contribution in [1.82, 2.24) is 5.06 Å². The van der Waals surface area contributed by atoms with Crippen LogP contribution in [0.15, 0.2) is 0 Å². The monoisotopic (exact) mass is 199 g/mol. The van der Waals surface area contributed by atoms with Crippen LogP contribution in [0.4, 0.5) is 0 Å². The third-order valence-corrected chi connectivity index (χ3v) is 3.20. The molecule has 0 spiro atoms. The summed E-state index contributed by atoms with van der Waals surface area (Å²) in [5.74, 6) is 2.08. The van der Waals surface area contributed by atoms with E-state index in [0.29, 0.717) is 29.8 Å². The average molecular weight is 199 g/mol. The second-order valence-corrected chi connectivity index (χ2v) is 5.39. The molecule has 0 aromatic carbocycles. The summed E-state index contributed by atoms with van der Waals surface area (Å²) in [4.78, 5) is 5.80. The highest BCUT2D eigenvalue weighted by Gasteiger charge is 2.40. The quantitative estimate of drug-likeness (QED) is 0.693. The van der Waals surface area contributed by atoms with Gasteiger partial charge >= 0.3 is 0 Å². The maximum absolute atomic E-state index is 5.80. The molecule has 1 fully saturated rings. The fraction of sp³-hybridized carbons (Fsp3) is 1.00. The Balaban J connectivity index is 2.74. The molecule has 2 nitrogen and oxygen atoms in total. The van der Waals surface area contributed by atoms with Crippen LogP contribution < -0.4 is 0 Å². The minimum atomic E-state index is 0.492. The lowest BCUT2D eigenvalue weighted by atomic mass is 9.83. The zero-order valence-corrected chi connectivity index (χ0v) is 10.4. The van der Waals surface area contributed by atoms with Gasteiger partial charge in [-0.15, -0.1) is 0 Å². The Hall–Kier alpha value is -0.0800. The Morgan fingerprint density at radius 1 is 1.00 bits per heavy atom. The lowest BCUT2D eigenvalue weighted by Gasteiger charge is -2.32. The van der Waals surface area contributed by atoms with Crippen LogP contribution in [-0.2, 0) is 4.84 Å². The van der Waals surface area contributed by atoms with E-state index in [9.17, 15) is 0 Å². The van der Waals surface area contributed by atoms with Crippen LogP contribution >= 0.6 is 0 Å². The number of rotatable bonds is 3. The molecule has 1 rings (SSSR count). The van der Waals surface area contributed by atoms with Gasteiger partial charge in [-0.05, 0) is 25.7 Å². The van der Waals surface area contributed by atoms with Crippen LogP contribution in [0.2, 0.25) is 0 Å². The third kappa shape index (κ3) is 2.29. The summed E-state index contributed by atoms with van der Waals surface area (Å²) in [6, 6.07) is 1.08. The number of hydrogen-bond acceptors (Lipinski definition) is 2. The maximum atomic E-state index is 5.80. The largest absolute Gasteiger partial charge is 0.298 e. The second kappa shape index (κ2) is 4.63. The van der Waals surface area contributed by atoms with Gasteiger partial charge < -0.3 is 0 Å². The van der Waals surface area contributed by atoms with Gasteiger partial charge in [0.25, 0.3) is 0 Å². The standard InChI is InChI=1S/C12H25NO/c1-8(2)11-7-14-13(10(5)6)12(11)9(3)4/h8-12H,7H2,1-6H3. The predicted molar refractivity (Wildman–Crippen MR) is 59.9 cm³/mol. The Morgan fingerprint density at radius 3 is 1.93 bits per heavy atom. The lowest BCUT2D eigenvalue weighted by molar-refractivity contribution is -0.161. The Labute approximate surface area is 88.6 Å². The first-order valence-corrected chi connectivity index (χ1v) is 5.86. The summed E-state index contributed by atoms with van der Waals surface area (Å²) in [7, 11) is 0. The van der Waals surface area contributed by atoms with Gasteiger partial charge in [0.05, 0.1) is 6.61 Å². The highest BCUT2D eigenvalue weighted by Crippen LogP contribution is 2.33. The van der Waals surface area contributed by atoms with E-state index in [0.717, 1.165) is 6.61 Å². The van der Waals surface area contributed by atoms with Crippen molar-refractivity contribution in [2.45, 2.75) is 53.6 Å². The molecule has 0 aliphatic carbocycles. The van der Waals surface area contributed by atoms with Crippen molar-refractivity contribution in [3.63, 3.8) is 0 Å². The summed E-state index contributed by atoms with van der Waals surface area (Å²) in [6.45, 7) is 14.5. The molecule has 0 N–H and O–H groups in total. The molecule has 0 aromatic rings. The van der Waals surface area contributed by atoms with Gasteiger partial charge in [0, 0.05) is 18.0 Å². The van der Waals surface area contributed by atoms with E-state index >= 15 is 0 Å². The van der Waals surface area contributed by atoms with Crippen molar-refractivity contribution in [1.29, 1.82) is 0 Å². The van der Waals surface area contributed by atoms with Crippen molar-refractivity contribution >= 4 is 0 Å². The molecule has 84 valence electrons. The van der Waals surface area contributed by atoms with Crippen molar-refractivity contribution < 1.29 is 4.84 Å². The molecule has 0 amide bonds. The first-order valence-electron chi connectivity index (χ1n) is 5.86. The zero-order chi connectivity index (χ0) is 10.9. The van der Waals surface area contributed by atoms with Crippen molar-refractivity contribution in [3.05, 3.63) is 0 Å². The van der Waals surface area contributed by atoms with E-state index in [-0.39, 0.29) is 0 Å². The third-order valence-electron chi connectivity index (χ3n) is 3.20. The summed E-state index contributed by atoms with van der Waals surface area (Å²) in [6.07, 6.45) is 0. The van der Waals surface area contributed by atoms with Crippen LogP contribution in [0.25, 0.3) is 0 Å². The second-order valence-electron chi connectivity index (χ2n) is 5.39. The molecule has 1 aliphatic rings. The zero-order valence-electron chi connectivity index (χ0n) is 10.4. The number of hydroxylamine groups is 2. The first-order chi connectivity index (χ1) is 6.45. The topological polar surface area (TPSA) is 12.5 Å². The average Bonchev–Trinajstić information content (AvgIpc) is 2.46. The first kappa shape index (κ1) is 12.0. The molecule has 1 saturated heterocycles.